The minimum atomic E-state index is 0.197. The van der Waals surface area contributed by atoms with Crippen LogP contribution < -0.4 is 5.73 Å². The average Bonchev–Trinajstić information content (AvgIpc) is 3.37. The first-order chi connectivity index (χ1) is 15.7. The summed E-state index contributed by atoms with van der Waals surface area (Å²) in [6.07, 6.45) is 14.9. The predicted octanol–water partition coefficient (Wildman–Crippen LogP) is 6.65. The Morgan fingerprint density at radius 1 is 1.09 bits per heavy atom. The normalized spacial score (nSPS) is 19.3. The summed E-state index contributed by atoms with van der Waals surface area (Å²) >= 11 is 0. The van der Waals surface area contributed by atoms with Gasteiger partial charge < -0.3 is 14.8 Å². The van der Waals surface area contributed by atoms with E-state index in [0.29, 0.717) is 11.7 Å². The van der Waals surface area contributed by atoms with E-state index < -0.39 is 0 Å². The number of nitrogens with two attached hydrogens (primary N) is 1. The number of fused-ring (bicyclic) bond motifs is 1. The van der Waals surface area contributed by atoms with Crippen LogP contribution in [0.2, 0.25) is 0 Å². The van der Waals surface area contributed by atoms with E-state index in [-0.39, 0.29) is 11.8 Å². The lowest BCUT2D eigenvalue weighted by molar-refractivity contribution is 0.340. The molecular weight excluding hydrogens is 398 g/mol. The Balaban J connectivity index is 1.45. The molecule has 0 bridgehead atoms. The second-order valence-corrected chi connectivity index (χ2v) is 9.33. The third kappa shape index (κ3) is 5.22. The van der Waals surface area contributed by atoms with Crippen molar-refractivity contribution in [3.05, 3.63) is 36.4 Å². The van der Waals surface area contributed by atoms with Gasteiger partial charge in [0.1, 0.15) is 0 Å². The zero-order valence-electron chi connectivity index (χ0n) is 19.4. The SMILES string of the molecule is CCCCCCCCn1ccc2c(-c3noc([C@@H]4CCCC(C(=N)N)CC4)n3)cccc21. The van der Waals surface area contributed by atoms with E-state index in [1.807, 2.05) is 0 Å². The van der Waals surface area contributed by atoms with Crippen LogP contribution in [0.15, 0.2) is 35.0 Å². The number of nitrogens with one attached hydrogen (secondary N) is 1. The van der Waals surface area contributed by atoms with Gasteiger partial charge in [-0.15, -0.1) is 0 Å². The van der Waals surface area contributed by atoms with Gasteiger partial charge in [0.2, 0.25) is 11.7 Å². The second kappa shape index (κ2) is 10.8. The van der Waals surface area contributed by atoms with Crippen LogP contribution in [0.3, 0.4) is 0 Å². The number of amidine groups is 1. The van der Waals surface area contributed by atoms with Crippen LogP contribution in [-0.2, 0) is 6.54 Å². The smallest absolute Gasteiger partial charge is 0.230 e. The third-order valence-electron chi connectivity index (χ3n) is 7.01. The Kier molecular flexibility index (Phi) is 7.61. The van der Waals surface area contributed by atoms with Crippen molar-refractivity contribution < 1.29 is 4.52 Å². The zero-order chi connectivity index (χ0) is 22.3. The van der Waals surface area contributed by atoms with Gasteiger partial charge in [0.05, 0.1) is 5.84 Å². The minimum absolute atomic E-state index is 0.197. The molecule has 0 radical (unpaired) electrons. The van der Waals surface area contributed by atoms with Crippen molar-refractivity contribution in [3.8, 4) is 11.4 Å². The molecule has 172 valence electrons. The molecule has 1 aliphatic rings. The number of hydrogen-bond acceptors (Lipinski definition) is 4. The standard InChI is InChI=1S/C26H37N5O/c1-2-3-4-5-6-7-17-31-18-16-21-22(12-9-13-23(21)31)25-29-26(32-30-25)20-11-8-10-19(14-15-20)24(27)28/h9,12-13,16,18-20H,2-8,10-11,14-15,17H2,1H3,(H3,27,28)/t19?,20-/m1/s1. The first-order valence-corrected chi connectivity index (χ1v) is 12.4. The van der Waals surface area contributed by atoms with E-state index in [1.165, 1.54) is 49.4 Å². The molecule has 0 saturated heterocycles. The summed E-state index contributed by atoms with van der Waals surface area (Å²) in [4.78, 5) is 4.81. The van der Waals surface area contributed by atoms with Crippen LogP contribution in [0.25, 0.3) is 22.3 Å². The molecule has 1 fully saturated rings. The van der Waals surface area contributed by atoms with Gasteiger partial charge in [-0.25, -0.2) is 0 Å². The first-order valence-electron chi connectivity index (χ1n) is 12.4. The summed E-state index contributed by atoms with van der Waals surface area (Å²) in [5.74, 6) is 2.18. The van der Waals surface area contributed by atoms with Gasteiger partial charge in [-0.1, -0.05) is 62.7 Å². The molecule has 1 unspecified atom stereocenters. The number of unbranched alkanes of at least 4 members (excludes halogenated alkanes) is 5. The molecule has 3 aromatic rings. The van der Waals surface area contributed by atoms with Crippen LogP contribution in [0.4, 0.5) is 0 Å². The molecule has 2 aromatic heterocycles. The van der Waals surface area contributed by atoms with Gasteiger partial charge in [-0.2, -0.15) is 4.98 Å². The molecule has 6 nitrogen and oxygen atoms in total. The van der Waals surface area contributed by atoms with Crippen LogP contribution in [0.5, 0.6) is 0 Å². The number of hydrogen-bond donors (Lipinski definition) is 2. The lowest BCUT2D eigenvalue weighted by atomic mass is 9.97. The Labute approximate surface area is 191 Å². The van der Waals surface area contributed by atoms with Gasteiger partial charge in [-0.3, -0.25) is 5.41 Å². The Morgan fingerprint density at radius 2 is 1.94 bits per heavy atom. The van der Waals surface area contributed by atoms with Gasteiger partial charge in [0, 0.05) is 41.0 Å². The van der Waals surface area contributed by atoms with E-state index in [9.17, 15) is 0 Å². The van der Waals surface area contributed by atoms with Crippen LogP contribution in [0, 0.1) is 11.3 Å². The van der Waals surface area contributed by atoms with Crippen molar-refractivity contribution in [1.29, 1.82) is 5.41 Å². The Morgan fingerprint density at radius 3 is 2.78 bits per heavy atom. The lowest BCUT2D eigenvalue weighted by Gasteiger charge is -2.11. The van der Waals surface area contributed by atoms with Crippen molar-refractivity contribution >= 4 is 16.7 Å². The summed E-state index contributed by atoms with van der Waals surface area (Å²) in [5.41, 5.74) is 8.02. The molecule has 1 saturated carbocycles. The quantitative estimate of drug-likeness (QED) is 0.161. The van der Waals surface area contributed by atoms with Gasteiger partial charge >= 0.3 is 0 Å². The largest absolute Gasteiger partial charge is 0.387 e. The maximum Gasteiger partial charge on any atom is 0.230 e. The number of aryl methyl sites for hydroxylation is 1. The highest BCUT2D eigenvalue weighted by atomic mass is 16.5. The molecule has 32 heavy (non-hydrogen) atoms. The van der Waals surface area contributed by atoms with E-state index in [0.717, 1.165) is 50.1 Å². The molecular formula is C26H37N5O. The van der Waals surface area contributed by atoms with Crippen molar-refractivity contribution in [3.63, 3.8) is 0 Å². The molecule has 4 rings (SSSR count). The number of aromatic nitrogens is 3. The fraction of sp³-hybridized carbons (Fsp3) is 0.577. The van der Waals surface area contributed by atoms with Crippen molar-refractivity contribution in [2.24, 2.45) is 11.7 Å². The van der Waals surface area contributed by atoms with Gasteiger partial charge in [-0.05, 0) is 44.2 Å². The highest BCUT2D eigenvalue weighted by molar-refractivity contribution is 5.93. The van der Waals surface area contributed by atoms with E-state index in [2.05, 4.69) is 47.1 Å². The third-order valence-corrected chi connectivity index (χ3v) is 7.01. The maximum atomic E-state index is 7.76. The van der Waals surface area contributed by atoms with E-state index in [4.69, 9.17) is 20.7 Å². The highest BCUT2D eigenvalue weighted by Crippen LogP contribution is 2.35. The molecule has 0 spiro atoms. The molecule has 2 atom stereocenters. The fourth-order valence-electron chi connectivity index (χ4n) is 5.05. The second-order valence-electron chi connectivity index (χ2n) is 9.33. The van der Waals surface area contributed by atoms with Crippen LogP contribution in [-0.4, -0.2) is 20.5 Å². The molecule has 6 heteroatoms. The monoisotopic (exact) mass is 435 g/mol. The topological polar surface area (TPSA) is 93.7 Å². The first kappa shape index (κ1) is 22.6. The fourth-order valence-corrected chi connectivity index (χ4v) is 5.05. The predicted molar refractivity (Wildman–Crippen MR) is 130 cm³/mol. The number of rotatable bonds is 10. The van der Waals surface area contributed by atoms with Crippen LogP contribution in [0.1, 0.15) is 89.4 Å². The summed E-state index contributed by atoms with van der Waals surface area (Å²) in [7, 11) is 0. The molecule has 1 aliphatic carbocycles. The lowest BCUT2D eigenvalue weighted by Crippen LogP contribution is -2.21. The van der Waals surface area contributed by atoms with E-state index >= 15 is 0 Å². The average molecular weight is 436 g/mol. The molecule has 3 N–H and O–H groups in total. The summed E-state index contributed by atoms with van der Waals surface area (Å²) in [6.45, 7) is 3.31. The molecule has 0 aliphatic heterocycles. The molecule has 2 heterocycles. The zero-order valence-corrected chi connectivity index (χ0v) is 19.4. The summed E-state index contributed by atoms with van der Waals surface area (Å²) in [5, 5.41) is 13.3. The number of benzene rings is 1. The molecule has 0 amide bonds. The highest BCUT2D eigenvalue weighted by Gasteiger charge is 2.26. The summed E-state index contributed by atoms with van der Waals surface area (Å²) < 4.78 is 8.08. The van der Waals surface area contributed by atoms with Crippen molar-refractivity contribution in [1.82, 2.24) is 14.7 Å². The molecule has 1 aromatic carbocycles. The maximum absolute atomic E-state index is 7.76. The van der Waals surface area contributed by atoms with Gasteiger partial charge in [0.25, 0.3) is 0 Å². The summed E-state index contributed by atoms with van der Waals surface area (Å²) in [6, 6.07) is 8.55. The van der Waals surface area contributed by atoms with Crippen molar-refractivity contribution in [2.45, 2.75) is 90.0 Å². The van der Waals surface area contributed by atoms with Gasteiger partial charge in [0.15, 0.2) is 0 Å². The van der Waals surface area contributed by atoms with Crippen molar-refractivity contribution in [2.75, 3.05) is 0 Å². The Bertz CT molecular complexity index is 1020. The van der Waals surface area contributed by atoms with E-state index in [1.54, 1.807) is 0 Å². The Hall–Kier alpha value is -2.63. The number of nitrogens with zero attached hydrogens (tertiary/aromatic N) is 3. The minimum Gasteiger partial charge on any atom is -0.387 e. The van der Waals surface area contributed by atoms with Crippen LogP contribution >= 0.6 is 0 Å².